The summed E-state index contributed by atoms with van der Waals surface area (Å²) >= 11 is 3.39. The van der Waals surface area contributed by atoms with E-state index < -0.39 is 6.99 Å². The van der Waals surface area contributed by atoms with E-state index in [9.17, 15) is 4.32 Å². The first kappa shape index (κ1) is 7.26. The van der Waals surface area contributed by atoms with Crippen LogP contribution in [0.3, 0.4) is 0 Å². The van der Waals surface area contributed by atoms with E-state index in [2.05, 4.69) is 12.8 Å². The van der Waals surface area contributed by atoms with Gasteiger partial charge in [0, 0.05) is 6.44 Å². The first-order valence-electron chi connectivity index (χ1n) is 1.92. The third-order valence-electron chi connectivity index (χ3n) is 0.415. The van der Waals surface area contributed by atoms with E-state index in [-0.39, 0.29) is 6.44 Å². The molecule has 0 unspecified atom stereocenters. The third-order valence-corrected chi connectivity index (χ3v) is 0.578. The van der Waals surface area contributed by atoms with Crippen molar-refractivity contribution in [2.45, 2.75) is 6.82 Å². The van der Waals surface area contributed by atoms with Gasteiger partial charge in [-0.25, -0.2) is 0 Å². The summed E-state index contributed by atoms with van der Waals surface area (Å²) in [6.07, 6.45) is -0.0525. The molecule has 0 rings (SSSR count). The Balaban J connectivity index is 2.95. The molecule has 0 aliphatic carbocycles. The molecule has 0 aliphatic heterocycles. The predicted octanol–water partition coefficient (Wildman–Crippen LogP) is 0.652. The number of hydrogen-bond acceptors (Lipinski definition) is 3. The second-order valence-corrected chi connectivity index (χ2v) is 1.80. The minimum absolute atomic E-state index is 0.0525. The maximum absolute atomic E-state index is 11.7. The van der Waals surface area contributed by atoms with E-state index in [0.717, 1.165) is 0 Å². The lowest BCUT2D eigenvalue weighted by Crippen LogP contribution is -2.19. The van der Waals surface area contributed by atoms with Crippen molar-refractivity contribution >= 4 is 19.8 Å². The third kappa shape index (κ3) is 6.26. The monoisotopic (exact) mass is 123 g/mol. The van der Waals surface area contributed by atoms with Crippen LogP contribution in [0.4, 0.5) is 4.32 Å². The second-order valence-electron chi connectivity index (χ2n) is 1.34. The Bertz CT molecular complexity index is 47.0. The van der Waals surface area contributed by atoms with Crippen molar-refractivity contribution in [2.24, 2.45) is 0 Å². The molecule has 0 amide bonds. The second kappa shape index (κ2) is 3.29. The van der Waals surface area contributed by atoms with Gasteiger partial charge >= 0.3 is 6.99 Å². The molecule has 7 heavy (non-hydrogen) atoms. The molecule has 0 aromatic carbocycles. The molecule has 0 atom stereocenters. The molecule has 42 valence electrons. The van der Waals surface area contributed by atoms with Crippen molar-refractivity contribution in [3.05, 3.63) is 0 Å². The first-order valence-corrected chi connectivity index (χ1v) is 2.32. The fraction of sp³-hybridized carbons (Fsp3) is 1.00. The van der Waals surface area contributed by atoms with Gasteiger partial charge in [0.25, 0.3) is 0 Å². The summed E-state index contributed by atoms with van der Waals surface area (Å²) in [5.41, 5.74) is 0. The fourth-order valence-electron chi connectivity index (χ4n) is 0.225. The normalized spacial score (nSPS) is 9.86. The summed E-state index contributed by atoms with van der Waals surface area (Å²) in [7, 11) is 0. The van der Waals surface area contributed by atoms with Crippen molar-refractivity contribution in [3.8, 4) is 0 Å². The minimum atomic E-state index is -1.03. The number of hydroxylamine groups is 1. The number of thiol groups is 1. The van der Waals surface area contributed by atoms with Crippen LogP contribution in [0.1, 0.15) is 0 Å². The lowest BCUT2D eigenvalue weighted by atomic mass is 9.76. The number of nitrogens with zero attached hydrogens (tertiary/aromatic N) is 1. The molecule has 0 saturated carbocycles. The molecule has 1 N–H and O–H groups in total. The number of rotatable bonds is 2. The highest BCUT2D eigenvalue weighted by molar-refractivity contribution is 7.77. The molecule has 0 radical (unpaired) electrons. The highest BCUT2D eigenvalue weighted by Gasteiger charge is 2.06. The molecular formula is C2H7BFNOS. The Morgan fingerprint density at radius 1 is 2.00 bits per heavy atom. The van der Waals surface area contributed by atoms with Crippen molar-refractivity contribution < 1.29 is 9.52 Å². The van der Waals surface area contributed by atoms with E-state index in [4.69, 9.17) is 5.21 Å². The van der Waals surface area contributed by atoms with Gasteiger partial charge in [-0.15, -0.1) is 4.47 Å². The van der Waals surface area contributed by atoms with Crippen molar-refractivity contribution in [2.75, 3.05) is 6.44 Å². The summed E-state index contributed by atoms with van der Waals surface area (Å²) < 4.78 is 12.2. The average molecular weight is 123 g/mol. The molecule has 0 heterocycles. The van der Waals surface area contributed by atoms with Gasteiger partial charge in [-0.1, -0.05) is 19.6 Å². The summed E-state index contributed by atoms with van der Waals surface area (Å²) in [6, 6.07) is 0. The zero-order valence-corrected chi connectivity index (χ0v) is 4.90. The van der Waals surface area contributed by atoms with E-state index in [0.29, 0.717) is 4.47 Å². The van der Waals surface area contributed by atoms with Gasteiger partial charge in [0.05, 0.1) is 0 Å². The van der Waals surface area contributed by atoms with Gasteiger partial charge in [-0.2, -0.15) is 0 Å². The molecule has 0 spiro atoms. The predicted molar refractivity (Wildman–Crippen MR) is 30.2 cm³/mol. The van der Waals surface area contributed by atoms with Crippen LogP contribution in [0.2, 0.25) is 6.82 Å². The van der Waals surface area contributed by atoms with E-state index in [1.54, 1.807) is 0 Å². The quantitative estimate of drug-likeness (QED) is 0.320. The van der Waals surface area contributed by atoms with Gasteiger partial charge in [0.15, 0.2) is 0 Å². The van der Waals surface area contributed by atoms with Crippen LogP contribution in [0.5, 0.6) is 0 Å². The Morgan fingerprint density at radius 3 is 2.43 bits per heavy atom. The lowest BCUT2D eigenvalue weighted by molar-refractivity contribution is 0.0365. The van der Waals surface area contributed by atoms with Crippen LogP contribution in [0, 0.1) is 0 Å². The van der Waals surface area contributed by atoms with Crippen LogP contribution in [-0.4, -0.2) is 23.1 Å². The highest BCUT2D eigenvalue weighted by atomic mass is 32.1. The van der Waals surface area contributed by atoms with Crippen LogP contribution < -0.4 is 0 Å². The Hall–Kier alpha value is 0.265. The topological polar surface area (TPSA) is 23.5 Å². The van der Waals surface area contributed by atoms with Gasteiger partial charge < -0.3 is 9.52 Å². The Kier molecular flexibility index (Phi) is 3.41. The molecule has 2 nitrogen and oxygen atoms in total. The zero-order valence-electron chi connectivity index (χ0n) is 4.00. The van der Waals surface area contributed by atoms with Crippen molar-refractivity contribution in [1.82, 2.24) is 4.47 Å². The lowest BCUT2D eigenvalue weighted by Gasteiger charge is -2.02. The smallest absolute Gasteiger partial charge is 0.335 e. The van der Waals surface area contributed by atoms with Crippen LogP contribution in [-0.2, 0) is 0 Å². The maximum Gasteiger partial charge on any atom is 0.362 e. The summed E-state index contributed by atoms with van der Waals surface area (Å²) in [4.78, 5) is 0. The highest BCUT2D eigenvalue weighted by Crippen LogP contribution is 1.89. The summed E-state index contributed by atoms with van der Waals surface area (Å²) in [5, 5.41) is 8.18. The van der Waals surface area contributed by atoms with Gasteiger partial charge in [-0.3, -0.25) is 0 Å². The molecular weight excluding hydrogens is 116 g/mol. The van der Waals surface area contributed by atoms with Crippen molar-refractivity contribution in [3.63, 3.8) is 0 Å². The minimum Gasteiger partial charge on any atom is -0.335 e. The van der Waals surface area contributed by atoms with Crippen molar-refractivity contribution in [1.29, 1.82) is 0 Å². The summed E-state index contributed by atoms with van der Waals surface area (Å²) in [6.45, 7) is 0.321. The largest absolute Gasteiger partial charge is 0.362 e. The van der Waals surface area contributed by atoms with Gasteiger partial charge in [0.2, 0.25) is 0 Å². The molecule has 0 bridgehead atoms. The SMILES string of the molecule is CB(F)CN(O)S. The molecule has 5 heteroatoms. The molecule has 0 saturated heterocycles. The Morgan fingerprint density at radius 2 is 2.43 bits per heavy atom. The van der Waals surface area contributed by atoms with Crippen LogP contribution in [0.15, 0.2) is 0 Å². The fourth-order valence-corrected chi connectivity index (χ4v) is 0.450. The van der Waals surface area contributed by atoms with Gasteiger partial charge in [-0.05, 0) is 0 Å². The molecule has 0 aromatic heterocycles. The van der Waals surface area contributed by atoms with E-state index in [1.807, 2.05) is 0 Å². The maximum atomic E-state index is 11.7. The zero-order chi connectivity index (χ0) is 5.86. The Labute approximate surface area is 47.9 Å². The number of halogens is 1. The van der Waals surface area contributed by atoms with Gasteiger partial charge in [0.1, 0.15) is 0 Å². The first-order chi connectivity index (χ1) is 3.13. The molecule has 0 aromatic rings. The molecule has 0 fully saturated rings. The van der Waals surface area contributed by atoms with Crippen LogP contribution in [0.25, 0.3) is 0 Å². The number of hydrogen-bond donors (Lipinski definition) is 2. The summed E-state index contributed by atoms with van der Waals surface area (Å²) in [5.74, 6) is 0. The van der Waals surface area contributed by atoms with E-state index in [1.165, 1.54) is 6.82 Å². The van der Waals surface area contributed by atoms with E-state index >= 15 is 0 Å². The van der Waals surface area contributed by atoms with Crippen LogP contribution >= 0.6 is 12.8 Å². The molecule has 0 aliphatic rings. The average Bonchev–Trinajstić information content (AvgIpc) is 1.27. The standard InChI is InChI=1S/C2H7BFNOS/c1-3(4)2-5(6)7/h6-7H,2H2,1H3.